The van der Waals surface area contributed by atoms with Gasteiger partial charge < -0.3 is 24.3 Å². The molecule has 4 heterocycles. The minimum Gasteiger partial charge on any atom is -0.459 e. The maximum atomic E-state index is 12.9. The molecule has 4 atom stereocenters. The first-order chi connectivity index (χ1) is 21.5. The van der Waals surface area contributed by atoms with Gasteiger partial charge in [-0.3, -0.25) is 4.57 Å². The Morgan fingerprint density at radius 2 is 1.82 bits per heavy atom. The molecule has 0 unspecified atom stereocenters. The van der Waals surface area contributed by atoms with Crippen molar-refractivity contribution >= 4 is 57.1 Å². The fraction of sp³-hybridized carbons (Fsp3) is 0.250. The molecule has 2 fully saturated rings. The van der Waals surface area contributed by atoms with Crippen LogP contribution in [0.15, 0.2) is 91.3 Å². The summed E-state index contributed by atoms with van der Waals surface area (Å²) in [6.07, 6.45) is -0.0920. The molecule has 0 radical (unpaired) electrons. The van der Waals surface area contributed by atoms with Crippen molar-refractivity contribution in [2.75, 3.05) is 18.5 Å². The molecule has 0 spiro atoms. The zero-order valence-electron chi connectivity index (χ0n) is 23.3. The predicted octanol–water partition coefficient (Wildman–Crippen LogP) is 5.81. The van der Waals surface area contributed by atoms with Crippen LogP contribution in [0, 0.1) is 3.57 Å². The lowest BCUT2D eigenvalue weighted by molar-refractivity contribution is -0.187. The standard InChI is InChI=1S/C32H27ClIN5O5/c33-31-37-27(35-15-21-10-7-13-23(34)14-21)24-28(38-31)39(19-36-24)29-25-26(41-16-20-8-3-1-4-9-20)32(44-29,17-42-25)18-43-30(40)22-11-5-2-6-12-22/h1-14,19,25-26,29H,15-18H2,(H,35,37,38)/t25-,26-,29+,32-/m0/s1. The summed E-state index contributed by atoms with van der Waals surface area (Å²) >= 11 is 8.69. The lowest BCUT2D eigenvalue weighted by atomic mass is 10.00. The molecule has 0 aliphatic carbocycles. The number of ether oxygens (including phenoxy) is 4. The first kappa shape index (κ1) is 29.1. The summed E-state index contributed by atoms with van der Waals surface area (Å²) in [5, 5.41) is 3.41. The van der Waals surface area contributed by atoms with Gasteiger partial charge in [0, 0.05) is 10.1 Å². The number of aromatic nitrogens is 4. The zero-order chi connectivity index (χ0) is 30.1. The average molecular weight is 724 g/mol. The Kier molecular flexibility index (Phi) is 8.21. The highest BCUT2D eigenvalue weighted by atomic mass is 127. The van der Waals surface area contributed by atoms with Crippen LogP contribution in [0.25, 0.3) is 11.2 Å². The number of imidazole rings is 1. The van der Waals surface area contributed by atoms with Gasteiger partial charge in [-0.1, -0.05) is 60.7 Å². The molecule has 2 aromatic heterocycles. The van der Waals surface area contributed by atoms with Crippen molar-refractivity contribution in [1.82, 2.24) is 19.5 Å². The van der Waals surface area contributed by atoms with Crippen molar-refractivity contribution in [2.24, 2.45) is 0 Å². The topological polar surface area (TPSA) is 110 Å². The Morgan fingerprint density at radius 3 is 2.61 bits per heavy atom. The summed E-state index contributed by atoms with van der Waals surface area (Å²) < 4.78 is 28.1. The van der Waals surface area contributed by atoms with Gasteiger partial charge in [-0.15, -0.1) is 0 Å². The van der Waals surface area contributed by atoms with Gasteiger partial charge in [-0.05, 0) is 69.6 Å². The summed E-state index contributed by atoms with van der Waals surface area (Å²) in [7, 11) is 0. The van der Waals surface area contributed by atoms with Crippen LogP contribution in [0.2, 0.25) is 5.28 Å². The van der Waals surface area contributed by atoms with Crippen LogP contribution >= 0.6 is 34.2 Å². The van der Waals surface area contributed by atoms with E-state index >= 15 is 0 Å². The van der Waals surface area contributed by atoms with E-state index in [9.17, 15) is 4.79 Å². The number of carbonyl (C=O) groups excluding carboxylic acids is 1. The van der Waals surface area contributed by atoms with E-state index in [2.05, 4.69) is 48.9 Å². The molecule has 12 heteroatoms. The van der Waals surface area contributed by atoms with Crippen molar-refractivity contribution in [3.8, 4) is 0 Å². The van der Waals surface area contributed by atoms with Crippen LogP contribution < -0.4 is 5.32 Å². The highest BCUT2D eigenvalue weighted by Gasteiger charge is 2.64. The van der Waals surface area contributed by atoms with Gasteiger partial charge in [-0.2, -0.15) is 9.97 Å². The van der Waals surface area contributed by atoms with E-state index in [0.29, 0.717) is 35.7 Å². The quantitative estimate of drug-likeness (QED) is 0.109. The van der Waals surface area contributed by atoms with Crippen LogP contribution in [-0.2, 0) is 32.1 Å². The summed E-state index contributed by atoms with van der Waals surface area (Å²) in [6.45, 7) is 1.00. The number of rotatable bonds is 10. The first-order valence-corrected chi connectivity index (χ1v) is 15.5. The Balaban J connectivity index is 1.17. The molecule has 0 amide bonds. The van der Waals surface area contributed by atoms with Crippen LogP contribution in [0.4, 0.5) is 5.82 Å². The molecule has 0 saturated carbocycles. The molecule has 2 bridgehead atoms. The molecule has 44 heavy (non-hydrogen) atoms. The highest BCUT2D eigenvalue weighted by molar-refractivity contribution is 14.1. The fourth-order valence-electron chi connectivity index (χ4n) is 5.60. The number of hydrogen-bond donors (Lipinski definition) is 1. The van der Waals surface area contributed by atoms with Gasteiger partial charge in [-0.25, -0.2) is 9.78 Å². The normalized spacial score (nSPS) is 22.4. The second-order valence-electron chi connectivity index (χ2n) is 10.7. The second kappa shape index (κ2) is 12.4. The van der Waals surface area contributed by atoms with Crippen molar-refractivity contribution in [1.29, 1.82) is 0 Å². The molecule has 5 aromatic rings. The minimum absolute atomic E-state index is 0.0573. The first-order valence-electron chi connectivity index (χ1n) is 14.0. The SMILES string of the molecule is O=C(OC[C@]12CO[C@H]([C@H](n3cnc4c(NCc5cccc(I)c5)nc(Cl)nc43)O1)[C@@H]2OCc1ccccc1)c1ccccc1. The van der Waals surface area contributed by atoms with Crippen molar-refractivity contribution < 1.29 is 23.7 Å². The van der Waals surface area contributed by atoms with Gasteiger partial charge in [0.05, 0.1) is 25.1 Å². The summed E-state index contributed by atoms with van der Waals surface area (Å²) in [5.74, 6) is 0.0544. The van der Waals surface area contributed by atoms with Gasteiger partial charge in [0.1, 0.15) is 18.8 Å². The van der Waals surface area contributed by atoms with Gasteiger partial charge >= 0.3 is 5.97 Å². The van der Waals surface area contributed by atoms with E-state index in [4.69, 9.17) is 30.5 Å². The van der Waals surface area contributed by atoms with E-state index in [0.717, 1.165) is 14.7 Å². The number of carbonyl (C=O) groups is 1. The van der Waals surface area contributed by atoms with Crippen LogP contribution in [0.3, 0.4) is 0 Å². The highest BCUT2D eigenvalue weighted by Crippen LogP contribution is 2.48. The Labute approximate surface area is 271 Å². The average Bonchev–Trinajstić information content (AvgIpc) is 3.72. The maximum Gasteiger partial charge on any atom is 0.338 e. The second-order valence-corrected chi connectivity index (χ2v) is 12.2. The largest absolute Gasteiger partial charge is 0.459 e. The molecule has 2 aliphatic rings. The predicted molar refractivity (Wildman–Crippen MR) is 171 cm³/mol. The number of benzene rings is 3. The molecule has 3 aromatic carbocycles. The Hall–Kier alpha value is -3.62. The van der Waals surface area contributed by atoms with E-state index in [1.807, 2.05) is 54.6 Å². The number of nitrogens with zero attached hydrogens (tertiary/aromatic N) is 4. The van der Waals surface area contributed by atoms with Crippen LogP contribution in [0.5, 0.6) is 0 Å². The lowest BCUT2D eigenvalue weighted by Crippen LogP contribution is -2.46. The van der Waals surface area contributed by atoms with Crippen LogP contribution in [-0.4, -0.2) is 56.5 Å². The lowest BCUT2D eigenvalue weighted by Gasteiger charge is -2.31. The van der Waals surface area contributed by atoms with Gasteiger partial charge in [0.2, 0.25) is 5.28 Å². The van der Waals surface area contributed by atoms with Gasteiger partial charge in [0.25, 0.3) is 0 Å². The third-order valence-corrected chi connectivity index (χ3v) is 8.56. The third kappa shape index (κ3) is 5.77. The number of nitrogens with one attached hydrogen (secondary N) is 1. The van der Waals surface area contributed by atoms with E-state index in [-0.39, 0.29) is 18.5 Å². The minimum atomic E-state index is -1.05. The summed E-state index contributed by atoms with van der Waals surface area (Å²) in [4.78, 5) is 26.4. The number of halogens is 2. The number of esters is 1. The Bertz CT molecular complexity index is 1790. The molecule has 2 saturated heterocycles. The summed E-state index contributed by atoms with van der Waals surface area (Å²) in [6, 6.07) is 26.9. The van der Waals surface area contributed by atoms with E-state index < -0.39 is 30.0 Å². The van der Waals surface area contributed by atoms with Crippen molar-refractivity contribution in [2.45, 2.75) is 37.2 Å². The third-order valence-electron chi connectivity index (χ3n) is 7.72. The monoisotopic (exact) mass is 723 g/mol. The molecule has 224 valence electrons. The Morgan fingerprint density at radius 1 is 1.05 bits per heavy atom. The van der Waals surface area contributed by atoms with E-state index in [1.54, 1.807) is 35.2 Å². The molecular weight excluding hydrogens is 697 g/mol. The van der Waals surface area contributed by atoms with Gasteiger partial charge in [0.15, 0.2) is 28.8 Å². The van der Waals surface area contributed by atoms with Crippen LogP contribution in [0.1, 0.15) is 27.7 Å². The molecule has 2 aliphatic heterocycles. The number of hydrogen-bond acceptors (Lipinski definition) is 9. The number of fused-ring (bicyclic) bond motifs is 3. The van der Waals surface area contributed by atoms with Crippen molar-refractivity contribution in [3.05, 3.63) is 117 Å². The zero-order valence-corrected chi connectivity index (χ0v) is 26.2. The molecule has 10 nitrogen and oxygen atoms in total. The van der Waals surface area contributed by atoms with Crippen molar-refractivity contribution in [3.63, 3.8) is 0 Å². The smallest absolute Gasteiger partial charge is 0.338 e. The molecule has 1 N–H and O–H groups in total. The summed E-state index contributed by atoms with van der Waals surface area (Å²) in [5.41, 5.74) is 2.52. The maximum absolute atomic E-state index is 12.9. The van der Waals surface area contributed by atoms with E-state index in [1.165, 1.54) is 0 Å². The molecular formula is C32H27ClIN5O5. The number of anilines is 1. The molecule has 7 rings (SSSR count). The fourth-order valence-corrected chi connectivity index (χ4v) is 6.38.